The number of aromatic nitrogens is 2. The molecule has 4 nitrogen and oxygen atoms in total. The van der Waals surface area contributed by atoms with Crippen LogP contribution in [0.4, 0.5) is 0 Å². The van der Waals surface area contributed by atoms with Crippen molar-refractivity contribution in [3.8, 4) is 11.4 Å². The summed E-state index contributed by atoms with van der Waals surface area (Å²) < 4.78 is 5.09. The second kappa shape index (κ2) is 6.18. The van der Waals surface area contributed by atoms with Crippen LogP contribution in [0.25, 0.3) is 11.4 Å². The SMILES string of the molecule is NCc1nc(-c2cccc(C3CCCCCC3)c2)no1. The van der Waals surface area contributed by atoms with Gasteiger partial charge in [0.2, 0.25) is 11.7 Å². The average molecular weight is 271 g/mol. The van der Waals surface area contributed by atoms with Crippen LogP contribution in [0.1, 0.15) is 55.9 Å². The van der Waals surface area contributed by atoms with Gasteiger partial charge in [-0.05, 0) is 30.4 Å². The smallest absolute Gasteiger partial charge is 0.240 e. The molecule has 0 bridgehead atoms. The van der Waals surface area contributed by atoms with Gasteiger partial charge in [-0.15, -0.1) is 0 Å². The van der Waals surface area contributed by atoms with E-state index in [4.69, 9.17) is 10.3 Å². The van der Waals surface area contributed by atoms with Crippen molar-refractivity contribution in [2.45, 2.75) is 51.0 Å². The van der Waals surface area contributed by atoms with E-state index in [9.17, 15) is 0 Å². The van der Waals surface area contributed by atoms with Crippen molar-refractivity contribution in [2.75, 3.05) is 0 Å². The molecule has 2 N–H and O–H groups in total. The van der Waals surface area contributed by atoms with Crippen LogP contribution in [0.3, 0.4) is 0 Å². The number of rotatable bonds is 3. The van der Waals surface area contributed by atoms with Crippen molar-refractivity contribution >= 4 is 0 Å². The highest BCUT2D eigenvalue weighted by Gasteiger charge is 2.16. The lowest BCUT2D eigenvalue weighted by Gasteiger charge is -2.14. The number of benzene rings is 1. The first kappa shape index (κ1) is 13.3. The van der Waals surface area contributed by atoms with Crippen LogP contribution in [0.5, 0.6) is 0 Å². The Hall–Kier alpha value is -1.68. The van der Waals surface area contributed by atoms with Crippen LogP contribution in [0.15, 0.2) is 28.8 Å². The molecule has 0 unspecified atom stereocenters. The molecule has 1 fully saturated rings. The summed E-state index contributed by atoms with van der Waals surface area (Å²) in [7, 11) is 0. The third kappa shape index (κ3) is 2.90. The predicted octanol–water partition coefficient (Wildman–Crippen LogP) is 3.63. The van der Waals surface area contributed by atoms with E-state index in [1.54, 1.807) is 0 Å². The molecule has 106 valence electrons. The summed E-state index contributed by atoms with van der Waals surface area (Å²) >= 11 is 0. The van der Waals surface area contributed by atoms with Gasteiger partial charge in [0.15, 0.2) is 0 Å². The molecular weight excluding hydrogens is 250 g/mol. The predicted molar refractivity (Wildman–Crippen MR) is 78.1 cm³/mol. The normalized spacial score (nSPS) is 17.1. The lowest BCUT2D eigenvalue weighted by atomic mass is 9.91. The maximum Gasteiger partial charge on any atom is 0.240 e. The van der Waals surface area contributed by atoms with Crippen LogP contribution in [-0.4, -0.2) is 10.1 Å². The summed E-state index contributed by atoms with van der Waals surface area (Å²) in [5.41, 5.74) is 7.94. The second-order valence-corrected chi connectivity index (χ2v) is 5.53. The molecule has 1 heterocycles. The molecule has 0 aliphatic heterocycles. The van der Waals surface area contributed by atoms with Gasteiger partial charge in [0, 0.05) is 5.56 Å². The number of hydrogen-bond acceptors (Lipinski definition) is 4. The first-order chi connectivity index (χ1) is 9.86. The minimum absolute atomic E-state index is 0.287. The maximum atomic E-state index is 5.51. The molecule has 3 rings (SSSR count). The molecule has 1 aliphatic carbocycles. The third-order valence-corrected chi connectivity index (χ3v) is 4.11. The molecule has 4 heteroatoms. The molecule has 20 heavy (non-hydrogen) atoms. The van der Waals surface area contributed by atoms with Crippen LogP contribution in [-0.2, 0) is 6.54 Å². The lowest BCUT2D eigenvalue weighted by molar-refractivity contribution is 0.380. The Morgan fingerprint density at radius 2 is 1.95 bits per heavy atom. The molecule has 2 aromatic rings. The quantitative estimate of drug-likeness (QED) is 0.866. The summed E-state index contributed by atoms with van der Waals surface area (Å²) in [5, 5.41) is 4.00. The fourth-order valence-corrected chi connectivity index (χ4v) is 3.00. The first-order valence-electron chi connectivity index (χ1n) is 7.50. The van der Waals surface area contributed by atoms with Crippen molar-refractivity contribution in [3.63, 3.8) is 0 Å². The molecule has 1 aromatic carbocycles. The second-order valence-electron chi connectivity index (χ2n) is 5.53. The average Bonchev–Trinajstić information content (AvgIpc) is 2.82. The summed E-state index contributed by atoms with van der Waals surface area (Å²) in [6.07, 6.45) is 8.03. The molecule has 1 aromatic heterocycles. The fraction of sp³-hybridized carbons (Fsp3) is 0.500. The van der Waals surface area contributed by atoms with E-state index in [1.165, 1.54) is 44.1 Å². The van der Waals surface area contributed by atoms with Gasteiger partial charge in [0.25, 0.3) is 0 Å². The highest BCUT2D eigenvalue weighted by atomic mass is 16.5. The van der Waals surface area contributed by atoms with E-state index in [1.807, 2.05) is 6.07 Å². The van der Waals surface area contributed by atoms with Crippen LogP contribution < -0.4 is 5.73 Å². The van der Waals surface area contributed by atoms with Crippen molar-refractivity contribution < 1.29 is 4.52 Å². The Morgan fingerprint density at radius 1 is 1.15 bits per heavy atom. The van der Waals surface area contributed by atoms with Crippen molar-refractivity contribution in [1.82, 2.24) is 10.1 Å². The minimum Gasteiger partial charge on any atom is -0.338 e. The number of hydrogen-bond donors (Lipinski definition) is 1. The lowest BCUT2D eigenvalue weighted by Crippen LogP contribution is -1.98. The molecule has 1 saturated carbocycles. The highest BCUT2D eigenvalue weighted by Crippen LogP contribution is 2.33. The van der Waals surface area contributed by atoms with Crippen molar-refractivity contribution in [2.24, 2.45) is 5.73 Å². The standard InChI is InChI=1S/C16H21N3O/c17-11-15-18-16(19-20-15)14-9-5-8-13(10-14)12-6-3-1-2-4-7-12/h5,8-10,12H,1-4,6-7,11,17H2. The summed E-state index contributed by atoms with van der Waals surface area (Å²) in [6, 6.07) is 8.56. The number of nitrogens with zero attached hydrogens (tertiary/aromatic N) is 2. The van der Waals surface area contributed by atoms with Gasteiger partial charge < -0.3 is 10.3 Å². The molecule has 1 aliphatic rings. The Labute approximate surface area is 119 Å². The third-order valence-electron chi connectivity index (χ3n) is 4.11. The van der Waals surface area contributed by atoms with Crippen molar-refractivity contribution in [3.05, 3.63) is 35.7 Å². The Balaban J connectivity index is 1.84. The Morgan fingerprint density at radius 3 is 2.65 bits per heavy atom. The zero-order valence-corrected chi connectivity index (χ0v) is 11.7. The van der Waals surface area contributed by atoms with E-state index >= 15 is 0 Å². The summed E-state index contributed by atoms with van der Waals surface area (Å²) in [5.74, 6) is 1.80. The van der Waals surface area contributed by atoms with Gasteiger partial charge in [-0.3, -0.25) is 0 Å². The topological polar surface area (TPSA) is 64.9 Å². The van der Waals surface area contributed by atoms with Gasteiger partial charge in [-0.1, -0.05) is 49.0 Å². The van der Waals surface area contributed by atoms with Crippen molar-refractivity contribution in [1.29, 1.82) is 0 Å². The number of nitrogens with two attached hydrogens (primary N) is 1. The molecular formula is C16H21N3O. The molecule has 0 saturated heterocycles. The van der Waals surface area contributed by atoms with Gasteiger partial charge >= 0.3 is 0 Å². The van der Waals surface area contributed by atoms with Gasteiger partial charge in [0.1, 0.15) is 0 Å². The first-order valence-corrected chi connectivity index (χ1v) is 7.50. The Bertz CT molecular complexity index is 556. The van der Waals surface area contributed by atoms with Crippen LogP contribution >= 0.6 is 0 Å². The van der Waals surface area contributed by atoms with E-state index in [2.05, 4.69) is 28.3 Å². The summed E-state index contributed by atoms with van der Waals surface area (Å²) in [4.78, 5) is 4.30. The largest absolute Gasteiger partial charge is 0.338 e. The molecule has 0 spiro atoms. The monoisotopic (exact) mass is 271 g/mol. The zero-order valence-electron chi connectivity index (χ0n) is 11.7. The minimum atomic E-state index is 0.287. The molecule has 0 amide bonds. The van der Waals surface area contributed by atoms with Gasteiger partial charge in [-0.25, -0.2) is 0 Å². The van der Waals surface area contributed by atoms with E-state index in [0.717, 1.165) is 5.56 Å². The highest BCUT2D eigenvalue weighted by molar-refractivity contribution is 5.55. The van der Waals surface area contributed by atoms with Gasteiger partial charge in [-0.2, -0.15) is 4.98 Å². The van der Waals surface area contributed by atoms with Crippen LogP contribution in [0.2, 0.25) is 0 Å². The zero-order chi connectivity index (χ0) is 13.8. The van der Waals surface area contributed by atoms with E-state index in [-0.39, 0.29) is 6.54 Å². The van der Waals surface area contributed by atoms with Crippen LogP contribution in [0, 0.1) is 0 Å². The maximum absolute atomic E-state index is 5.51. The Kier molecular flexibility index (Phi) is 4.11. The molecule has 0 atom stereocenters. The summed E-state index contributed by atoms with van der Waals surface area (Å²) in [6.45, 7) is 0.287. The van der Waals surface area contributed by atoms with E-state index in [0.29, 0.717) is 17.6 Å². The van der Waals surface area contributed by atoms with Gasteiger partial charge in [0.05, 0.1) is 6.54 Å². The molecule has 0 radical (unpaired) electrons. The van der Waals surface area contributed by atoms with E-state index < -0.39 is 0 Å². The fourth-order valence-electron chi connectivity index (χ4n) is 3.00.